The highest BCUT2D eigenvalue weighted by atomic mass is 32.2. The first-order valence-electron chi connectivity index (χ1n) is 10.8. The molecule has 0 fully saturated rings. The van der Waals surface area contributed by atoms with E-state index in [4.69, 9.17) is 4.74 Å². The minimum absolute atomic E-state index is 0.0456. The Labute approximate surface area is 198 Å². The first-order chi connectivity index (χ1) is 16.0. The number of anilines is 1. The highest BCUT2D eigenvalue weighted by Gasteiger charge is 2.30. The van der Waals surface area contributed by atoms with Crippen LogP contribution in [-0.2, 0) is 22.4 Å². The quantitative estimate of drug-likeness (QED) is 0.372. The molecule has 0 spiro atoms. The topological polar surface area (TPSA) is 99.0 Å². The van der Waals surface area contributed by atoms with Crippen molar-refractivity contribution in [2.75, 3.05) is 17.7 Å². The highest BCUT2D eigenvalue weighted by molar-refractivity contribution is 7.99. The van der Waals surface area contributed by atoms with Crippen LogP contribution in [0, 0.1) is 11.7 Å². The SMILES string of the molecule is CCOC(=O)c1c(NC(=O)CSc2nnnn2-c2ccc(F)cc2)sc2c1CCC(CC)C2. The smallest absolute Gasteiger partial charge is 0.341 e. The van der Waals surface area contributed by atoms with Gasteiger partial charge in [0.2, 0.25) is 11.1 Å². The van der Waals surface area contributed by atoms with Gasteiger partial charge in [0.05, 0.1) is 23.6 Å². The number of thiophene rings is 1. The molecule has 4 rings (SSSR count). The Morgan fingerprint density at radius 2 is 2.09 bits per heavy atom. The first-order valence-corrected chi connectivity index (χ1v) is 12.6. The van der Waals surface area contributed by atoms with Gasteiger partial charge in [0.15, 0.2) is 0 Å². The standard InChI is InChI=1S/C22H24FN5O3S2/c1-3-13-5-10-16-17(11-13)33-20(19(16)21(30)31-4-2)24-18(29)12-32-22-25-26-27-28(22)15-8-6-14(23)7-9-15/h6-9,13H,3-5,10-12H2,1-2H3,(H,24,29). The Morgan fingerprint density at radius 3 is 2.82 bits per heavy atom. The van der Waals surface area contributed by atoms with Crippen molar-refractivity contribution in [1.29, 1.82) is 0 Å². The molecule has 0 radical (unpaired) electrons. The molecule has 174 valence electrons. The Kier molecular flexibility index (Phi) is 7.39. The van der Waals surface area contributed by atoms with E-state index >= 15 is 0 Å². The van der Waals surface area contributed by atoms with Crippen LogP contribution in [-0.4, -0.2) is 44.4 Å². The molecule has 0 saturated carbocycles. The maximum atomic E-state index is 13.2. The number of nitrogens with one attached hydrogen (secondary N) is 1. The van der Waals surface area contributed by atoms with E-state index in [2.05, 4.69) is 27.8 Å². The molecule has 8 nitrogen and oxygen atoms in total. The van der Waals surface area contributed by atoms with Crippen molar-refractivity contribution in [1.82, 2.24) is 20.2 Å². The number of hydrogen-bond donors (Lipinski definition) is 1. The molecule has 1 aliphatic carbocycles. The maximum Gasteiger partial charge on any atom is 0.341 e. The van der Waals surface area contributed by atoms with Crippen molar-refractivity contribution in [2.24, 2.45) is 5.92 Å². The van der Waals surface area contributed by atoms with E-state index in [0.29, 0.717) is 27.3 Å². The van der Waals surface area contributed by atoms with Gasteiger partial charge in [-0.05, 0) is 72.4 Å². The molecule has 11 heteroatoms. The number of tetrazole rings is 1. The minimum atomic E-state index is -0.395. The van der Waals surface area contributed by atoms with Crippen LogP contribution in [0.2, 0.25) is 0 Å². The lowest BCUT2D eigenvalue weighted by Gasteiger charge is -2.20. The van der Waals surface area contributed by atoms with E-state index in [0.717, 1.165) is 47.9 Å². The van der Waals surface area contributed by atoms with E-state index in [9.17, 15) is 14.0 Å². The van der Waals surface area contributed by atoms with Crippen molar-refractivity contribution >= 4 is 40.0 Å². The summed E-state index contributed by atoms with van der Waals surface area (Å²) in [5.74, 6) is -0.389. The fourth-order valence-electron chi connectivity index (χ4n) is 3.82. The number of aromatic nitrogens is 4. The number of fused-ring (bicyclic) bond motifs is 1. The lowest BCUT2D eigenvalue weighted by atomic mass is 9.85. The second kappa shape index (κ2) is 10.4. The monoisotopic (exact) mass is 489 g/mol. The maximum absolute atomic E-state index is 13.2. The van der Waals surface area contributed by atoms with Crippen molar-refractivity contribution in [2.45, 2.75) is 44.7 Å². The third kappa shape index (κ3) is 5.25. The van der Waals surface area contributed by atoms with Crippen molar-refractivity contribution < 1.29 is 18.7 Å². The highest BCUT2D eigenvalue weighted by Crippen LogP contribution is 2.41. The van der Waals surface area contributed by atoms with E-state index < -0.39 is 5.97 Å². The van der Waals surface area contributed by atoms with Crippen LogP contribution in [0.5, 0.6) is 0 Å². The predicted octanol–water partition coefficient (Wildman–Crippen LogP) is 4.29. The molecule has 33 heavy (non-hydrogen) atoms. The molecule has 2 heterocycles. The number of halogens is 1. The second-order valence-corrected chi connectivity index (χ2v) is 9.68. The van der Waals surface area contributed by atoms with E-state index in [1.165, 1.54) is 28.2 Å². The number of nitrogens with zero attached hydrogens (tertiary/aromatic N) is 4. The summed E-state index contributed by atoms with van der Waals surface area (Å²) >= 11 is 2.62. The van der Waals surface area contributed by atoms with Crippen LogP contribution >= 0.6 is 23.1 Å². The van der Waals surface area contributed by atoms with E-state index in [1.807, 2.05) is 0 Å². The molecule has 0 bridgehead atoms. The molecule has 2 aromatic heterocycles. The second-order valence-electron chi connectivity index (χ2n) is 7.63. The minimum Gasteiger partial charge on any atom is -0.462 e. The van der Waals surface area contributed by atoms with Crippen LogP contribution in [0.15, 0.2) is 29.4 Å². The average Bonchev–Trinajstić information content (AvgIpc) is 3.42. The summed E-state index contributed by atoms with van der Waals surface area (Å²) in [6.45, 7) is 4.22. The number of benzene rings is 1. The number of carbonyl (C=O) groups excluding carboxylic acids is 2. The number of hydrogen-bond acceptors (Lipinski definition) is 8. The molecule has 0 saturated heterocycles. The lowest BCUT2D eigenvalue weighted by Crippen LogP contribution is -2.18. The van der Waals surface area contributed by atoms with Crippen LogP contribution in [0.3, 0.4) is 0 Å². The molecular formula is C22H24FN5O3S2. The summed E-state index contributed by atoms with van der Waals surface area (Å²) in [4.78, 5) is 26.6. The molecule has 1 unspecified atom stereocenters. The van der Waals surface area contributed by atoms with Crippen molar-refractivity contribution in [3.05, 3.63) is 46.1 Å². The molecule has 1 aromatic carbocycles. The summed E-state index contributed by atoms with van der Waals surface area (Å²) < 4.78 is 19.9. The van der Waals surface area contributed by atoms with Gasteiger partial charge in [-0.2, -0.15) is 4.68 Å². The number of thioether (sulfide) groups is 1. The van der Waals surface area contributed by atoms with Crippen LogP contribution < -0.4 is 5.32 Å². The summed E-state index contributed by atoms with van der Waals surface area (Å²) in [5, 5.41) is 15.4. The molecule has 1 N–H and O–H groups in total. The van der Waals surface area contributed by atoms with Gasteiger partial charge in [0.25, 0.3) is 0 Å². The van der Waals surface area contributed by atoms with E-state index in [1.54, 1.807) is 19.1 Å². The zero-order valence-corrected chi connectivity index (χ0v) is 20.0. The molecule has 3 aromatic rings. The summed E-state index contributed by atoms with van der Waals surface area (Å²) in [6, 6.07) is 5.75. The van der Waals surface area contributed by atoms with Gasteiger partial charge < -0.3 is 10.1 Å². The Hall–Kier alpha value is -2.79. The number of rotatable bonds is 8. The number of esters is 1. The Morgan fingerprint density at radius 1 is 1.30 bits per heavy atom. The number of carbonyl (C=O) groups is 2. The van der Waals surface area contributed by atoms with Crippen LogP contribution in [0.25, 0.3) is 5.69 Å². The zero-order valence-electron chi connectivity index (χ0n) is 18.3. The van der Waals surface area contributed by atoms with Crippen molar-refractivity contribution in [3.63, 3.8) is 0 Å². The van der Waals surface area contributed by atoms with Gasteiger partial charge in [-0.3, -0.25) is 4.79 Å². The van der Waals surface area contributed by atoms with Gasteiger partial charge >= 0.3 is 5.97 Å². The van der Waals surface area contributed by atoms with Gasteiger partial charge in [-0.25, -0.2) is 9.18 Å². The van der Waals surface area contributed by atoms with Gasteiger partial charge in [-0.1, -0.05) is 25.1 Å². The summed E-state index contributed by atoms with van der Waals surface area (Å²) in [7, 11) is 0. The third-order valence-electron chi connectivity index (χ3n) is 5.52. The molecule has 1 atom stereocenters. The Balaban J connectivity index is 1.48. The average molecular weight is 490 g/mol. The number of amides is 1. The van der Waals surface area contributed by atoms with Gasteiger partial charge in [-0.15, -0.1) is 16.4 Å². The largest absolute Gasteiger partial charge is 0.462 e. The van der Waals surface area contributed by atoms with Gasteiger partial charge in [0.1, 0.15) is 10.8 Å². The van der Waals surface area contributed by atoms with E-state index in [-0.39, 0.29) is 24.1 Å². The first kappa shape index (κ1) is 23.4. The fourth-order valence-corrected chi connectivity index (χ4v) is 5.87. The molecule has 1 amide bonds. The fraction of sp³-hybridized carbons (Fsp3) is 0.409. The van der Waals surface area contributed by atoms with Crippen molar-refractivity contribution in [3.8, 4) is 5.69 Å². The molecular weight excluding hydrogens is 465 g/mol. The van der Waals surface area contributed by atoms with Crippen LogP contribution in [0.4, 0.5) is 9.39 Å². The van der Waals surface area contributed by atoms with Gasteiger partial charge in [0, 0.05) is 4.88 Å². The Bertz CT molecular complexity index is 1150. The van der Waals surface area contributed by atoms with Crippen LogP contribution in [0.1, 0.15) is 47.5 Å². The molecule has 1 aliphatic rings. The number of ether oxygens (including phenoxy) is 1. The normalized spacial score (nSPS) is 15.2. The predicted molar refractivity (Wildman–Crippen MR) is 125 cm³/mol. The zero-order chi connectivity index (χ0) is 23.4. The third-order valence-corrected chi connectivity index (χ3v) is 7.61. The summed E-state index contributed by atoms with van der Waals surface area (Å²) in [6.07, 6.45) is 3.85. The summed E-state index contributed by atoms with van der Waals surface area (Å²) in [5.41, 5.74) is 2.08. The molecule has 0 aliphatic heterocycles. The lowest BCUT2D eigenvalue weighted by molar-refractivity contribution is -0.113.